The van der Waals surface area contributed by atoms with Crippen LogP contribution in [-0.2, 0) is 11.3 Å². The first kappa shape index (κ1) is 22.4. The van der Waals surface area contributed by atoms with Gasteiger partial charge in [-0.2, -0.15) is 0 Å². The largest absolute Gasteiger partial charge is 0.339 e. The van der Waals surface area contributed by atoms with Gasteiger partial charge in [0.1, 0.15) is 12.4 Å². The molecule has 0 bridgehead atoms. The van der Waals surface area contributed by atoms with Crippen molar-refractivity contribution < 1.29 is 14.0 Å². The molecule has 1 aromatic heterocycles. The van der Waals surface area contributed by atoms with E-state index >= 15 is 0 Å². The van der Waals surface area contributed by atoms with Crippen molar-refractivity contribution in [2.45, 2.75) is 26.3 Å². The van der Waals surface area contributed by atoms with Crippen LogP contribution in [0, 0.1) is 5.82 Å². The van der Waals surface area contributed by atoms with Crippen LogP contribution in [0.25, 0.3) is 10.2 Å². The van der Waals surface area contributed by atoms with Gasteiger partial charge in [-0.3, -0.25) is 23.9 Å². The van der Waals surface area contributed by atoms with Crippen LogP contribution in [0.2, 0.25) is 0 Å². The zero-order valence-electron chi connectivity index (χ0n) is 18.1. The number of benzene rings is 2. The van der Waals surface area contributed by atoms with E-state index in [0.29, 0.717) is 34.4 Å². The van der Waals surface area contributed by atoms with Crippen molar-refractivity contribution in [3.63, 3.8) is 0 Å². The van der Waals surface area contributed by atoms with Gasteiger partial charge in [0.15, 0.2) is 5.78 Å². The fourth-order valence-corrected chi connectivity index (χ4v) is 4.89. The van der Waals surface area contributed by atoms with Crippen LogP contribution in [0.1, 0.15) is 35.7 Å². The average molecular weight is 456 g/mol. The summed E-state index contributed by atoms with van der Waals surface area (Å²) in [5.74, 6) is -0.705. The molecule has 3 aromatic rings. The molecule has 0 saturated carbocycles. The summed E-state index contributed by atoms with van der Waals surface area (Å²) in [6.07, 6.45) is 2.32. The highest BCUT2D eigenvalue weighted by molar-refractivity contribution is 7.16. The highest BCUT2D eigenvalue weighted by atomic mass is 32.1. The minimum atomic E-state index is -0.403. The number of hydrogen-bond acceptors (Lipinski definition) is 5. The number of thiazole rings is 1. The van der Waals surface area contributed by atoms with E-state index in [1.807, 2.05) is 4.90 Å². The Hall–Kier alpha value is -2.84. The Morgan fingerprint density at radius 3 is 2.38 bits per heavy atom. The summed E-state index contributed by atoms with van der Waals surface area (Å²) in [5, 5.41) is 0. The molecule has 1 saturated heterocycles. The lowest BCUT2D eigenvalue weighted by Gasteiger charge is -2.34. The number of rotatable bonds is 7. The summed E-state index contributed by atoms with van der Waals surface area (Å²) in [6, 6.07) is 10.4. The second kappa shape index (κ2) is 9.75. The lowest BCUT2D eigenvalue weighted by atomic mass is 10.0. The van der Waals surface area contributed by atoms with E-state index in [4.69, 9.17) is 0 Å². The van der Waals surface area contributed by atoms with Crippen LogP contribution in [-0.4, -0.2) is 58.8 Å². The van der Waals surface area contributed by atoms with Gasteiger partial charge in [0.25, 0.3) is 0 Å². The topological polar surface area (TPSA) is 62.6 Å². The monoisotopic (exact) mass is 455 g/mol. The van der Waals surface area contributed by atoms with Gasteiger partial charge in [-0.25, -0.2) is 4.39 Å². The molecule has 168 valence electrons. The third-order valence-electron chi connectivity index (χ3n) is 5.88. The van der Waals surface area contributed by atoms with Crippen molar-refractivity contribution in [2.75, 3.05) is 32.7 Å². The summed E-state index contributed by atoms with van der Waals surface area (Å²) in [6.45, 7) is 6.31. The smallest absolute Gasteiger partial charge is 0.308 e. The van der Waals surface area contributed by atoms with E-state index in [1.165, 1.54) is 28.8 Å². The van der Waals surface area contributed by atoms with Gasteiger partial charge in [-0.05, 0) is 55.4 Å². The molecule has 8 heteroatoms. The number of unbranched alkanes of at least 4 members (excludes halogenated alkanes) is 1. The highest BCUT2D eigenvalue weighted by Crippen LogP contribution is 2.21. The van der Waals surface area contributed by atoms with E-state index in [1.54, 1.807) is 18.2 Å². The molecule has 0 N–H and O–H groups in total. The molecule has 0 spiro atoms. The summed E-state index contributed by atoms with van der Waals surface area (Å²) in [4.78, 5) is 42.1. The van der Waals surface area contributed by atoms with Crippen molar-refractivity contribution >= 4 is 33.2 Å². The first-order chi connectivity index (χ1) is 15.5. The number of fused-ring (bicyclic) bond motifs is 1. The van der Waals surface area contributed by atoms with Gasteiger partial charge >= 0.3 is 4.87 Å². The van der Waals surface area contributed by atoms with E-state index in [0.717, 1.165) is 43.8 Å². The Balaban J connectivity index is 1.47. The highest BCUT2D eigenvalue weighted by Gasteiger charge is 2.22. The number of amides is 1. The lowest BCUT2D eigenvalue weighted by molar-refractivity contribution is -0.133. The molecule has 6 nitrogen and oxygen atoms in total. The zero-order valence-corrected chi connectivity index (χ0v) is 18.9. The van der Waals surface area contributed by atoms with Gasteiger partial charge in [0.05, 0.1) is 10.2 Å². The van der Waals surface area contributed by atoms with E-state index in [9.17, 15) is 18.8 Å². The Kier molecular flexibility index (Phi) is 6.81. The minimum absolute atomic E-state index is 0.000944. The molecule has 1 fully saturated rings. The molecule has 1 aliphatic rings. The second-order valence-electron chi connectivity index (χ2n) is 8.05. The van der Waals surface area contributed by atoms with Crippen LogP contribution in [0.5, 0.6) is 0 Å². The number of hydrogen-bond donors (Lipinski definition) is 0. The third kappa shape index (κ3) is 4.81. The van der Waals surface area contributed by atoms with Crippen molar-refractivity contribution in [1.29, 1.82) is 0 Å². The summed E-state index contributed by atoms with van der Waals surface area (Å²) >= 11 is 1.02. The number of carbonyl (C=O) groups is 2. The van der Waals surface area contributed by atoms with E-state index in [-0.39, 0.29) is 23.1 Å². The number of carbonyl (C=O) groups excluding carboxylic acids is 2. The van der Waals surface area contributed by atoms with Crippen LogP contribution in [0.4, 0.5) is 4.39 Å². The molecule has 2 heterocycles. The zero-order chi connectivity index (χ0) is 22.7. The van der Waals surface area contributed by atoms with Gasteiger partial charge in [-0.1, -0.05) is 24.7 Å². The standard InChI is InChI=1S/C24H26FN3O3S/c1-2-3-10-26-11-13-27(14-12-26)22(29)16-28-20-9-6-18(15-21(20)32-24(28)31)23(30)17-4-7-19(25)8-5-17/h4-9,15H,2-3,10-14,16H2,1H3. The molecule has 4 rings (SSSR count). The van der Waals surface area contributed by atoms with Crippen molar-refractivity contribution in [3.05, 3.63) is 69.1 Å². The molecular weight excluding hydrogens is 429 g/mol. The summed E-state index contributed by atoms with van der Waals surface area (Å²) < 4.78 is 15.3. The molecule has 0 unspecified atom stereocenters. The van der Waals surface area contributed by atoms with Gasteiger partial charge in [0.2, 0.25) is 5.91 Å². The maximum atomic E-state index is 13.1. The van der Waals surface area contributed by atoms with E-state index in [2.05, 4.69) is 11.8 Å². The predicted octanol–water partition coefficient (Wildman–Crippen LogP) is 3.38. The maximum absolute atomic E-state index is 13.1. The van der Waals surface area contributed by atoms with Crippen LogP contribution < -0.4 is 4.87 Å². The number of nitrogens with zero attached hydrogens (tertiary/aromatic N) is 3. The predicted molar refractivity (Wildman–Crippen MR) is 124 cm³/mol. The molecule has 0 aliphatic carbocycles. The Morgan fingerprint density at radius 2 is 1.69 bits per heavy atom. The molecule has 1 amide bonds. The fourth-order valence-electron chi connectivity index (χ4n) is 3.96. The Labute approximate surface area is 189 Å². The normalized spacial score (nSPS) is 14.8. The first-order valence-electron chi connectivity index (χ1n) is 10.9. The number of piperazine rings is 1. The van der Waals surface area contributed by atoms with Gasteiger partial charge in [-0.15, -0.1) is 0 Å². The molecule has 32 heavy (non-hydrogen) atoms. The summed E-state index contributed by atoms with van der Waals surface area (Å²) in [5.41, 5.74) is 1.45. The average Bonchev–Trinajstić information content (AvgIpc) is 3.12. The molecule has 2 aromatic carbocycles. The van der Waals surface area contributed by atoms with E-state index < -0.39 is 5.82 Å². The lowest BCUT2D eigenvalue weighted by Crippen LogP contribution is -2.49. The van der Waals surface area contributed by atoms with Crippen LogP contribution in [0.15, 0.2) is 47.3 Å². The molecule has 0 atom stereocenters. The summed E-state index contributed by atoms with van der Waals surface area (Å²) in [7, 11) is 0. The van der Waals surface area contributed by atoms with Crippen molar-refractivity contribution in [3.8, 4) is 0 Å². The minimum Gasteiger partial charge on any atom is -0.339 e. The van der Waals surface area contributed by atoms with Crippen LogP contribution >= 0.6 is 11.3 Å². The van der Waals surface area contributed by atoms with Crippen LogP contribution in [0.3, 0.4) is 0 Å². The SMILES string of the molecule is CCCCN1CCN(C(=O)Cn2c(=O)sc3cc(C(=O)c4ccc(F)cc4)ccc32)CC1. The Morgan fingerprint density at radius 1 is 1.00 bits per heavy atom. The van der Waals surface area contributed by atoms with Crippen molar-refractivity contribution in [1.82, 2.24) is 14.4 Å². The maximum Gasteiger partial charge on any atom is 0.308 e. The quantitative estimate of drug-likeness (QED) is 0.513. The third-order valence-corrected chi connectivity index (χ3v) is 6.83. The second-order valence-corrected chi connectivity index (χ2v) is 9.04. The first-order valence-corrected chi connectivity index (χ1v) is 11.7. The number of aromatic nitrogens is 1. The fraction of sp³-hybridized carbons (Fsp3) is 0.375. The Bertz CT molecular complexity index is 1180. The van der Waals surface area contributed by atoms with Crippen molar-refractivity contribution in [2.24, 2.45) is 0 Å². The molecular formula is C24H26FN3O3S. The van der Waals surface area contributed by atoms with Gasteiger partial charge in [0, 0.05) is 37.3 Å². The number of ketones is 1. The molecule has 1 aliphatic heterocycles. The number of halogens is 1. The molecule has 0 radical (unpaired) electrons. The van der Waals surface area contributed by atoms with Gasteiger partial charge < -0.3 is 4.90 Å².